The highest BCUT2D eigenvalue weighted by atomic mass is 16.5. The Morgan fingerprint density at radius 1 is 1.05 bits per heavy atom. The lowest BCUT2D eigenvalue weighted by molar-refractivity contribution is -0.160. The second-order valence-electron chi connectivity index (χ2n) is 5.77. The van der Waals surface area contributed by atoms with Gasteiger partial charge in [0.05, 0.1) is 12.5 Å². The van der Waals surface area contributed by atoms with Gasteiger partial charge in [-0.25, -0.2) is 0 Å². The second-order valence-corrected chi connectivity index (χ2v) is 5.77. The molecule has 0 aromatic heterocycles. The quantitative estimate of drug-likeness (QED) is 0.880. The first kappa shape index (κ1) is 14.8. The Morgan fingerprint density at radius 2 is 1.77 bits per heavy atom. The largest absolute Gasteiger partial charge is 0.462 e. The molecule has 0 spiro atoms. The van der Waals surface area contributed by atoms with Crippen LogP contribution in [0.3, 0.4) is 0 Å². The third-order valence-corrected chi connectivity index (χ3v) is 4.07. The highest BCUT2D eigenvalue weighted by molar-refractivity contribution is 5.71. The third kappa shape index (κ3) is 3.55. The van der Waals surface area contributed by atoms with Crippen molar-refractivity contribution in [3.05, 3.63) is 60.2 Å². The van der Waals surface area contributed by atoms with Crippen molar-refractivity contribution in [2.75, 3.05) is 0 Å². The third-order valence-electron chi connectivity index (χ3n) is 4.07. The molecule has 1 aliphatic rings. The minimum Gasteiger partial charge on any atom is -0.462 e. The van der Waals surface area contributed by atoms with Gasteiger partial charge in [-0.05, 0) is 29.5 Å². The van der Waals surface area contributed by atoms with E-state index in [0.29, 0.717) is 6.42 Å². The van der Waals surface area contributed by atoms with Crippen LogP contribution in [-0.4, -0.2) is 23.3 Å². The van der Waals surface area contributed by atoms with Crippen molar-refractivity contribution in [2.24, 2.45) is 0 Å². The van der Waals surface area contributed by atoms with Crippen LogP contribution in [0.5, 0.6) is 0 Å². The lowest BCUT2D eigenvalue weighted by atomic mass is 9.94. The zero-order valence-corrected chi connectivity index (χ0v) is 12.4. The number of carbonyl (C=O) groups is 1. The molecule has 0 bridgehead atoms. The molecule has 1 N–H and O–H groups in total. The Labute approximate surface area is 130 Å². The number of carbonyl (C=O) groups excluding carboxylic acids is 1. The molecule has 3 heteroatoms. The molecule has 3 nitrogen and oxygen atoms in total. The van der Waals surface area contributed by atoms with Crippen LogP contribution in [0.2, 0.25) is 0 Å². The number of hydrogen-bond donors (Lipinski definition) is 1. The fourth-order valence-electron chi connectivity index (χ4n) is 2.99. The number of esters is 1. The van der Waals surface area contributed by atoms with E-state index in [1.807, 2.05) is 30.3 Å². The van der Waals surface area contributed by atoms with Gasteiger partial charge in [-0.2, -0.15) is 0 Å². The average molecular weight is 296 g/mol. The van der Waals surface area contributed by atoms with E-state index in [2.05, 4.69) is 24.3 Å². The van der Waals surface area contributed by atoms with E-state index in [-0.39, 0.29) is 18.5 Å². The van der Waals surface area contributed by atoms with Crippen LogP contribution < -0.4 is 0 Å². The summed E-state index contributed by atoms with van der Waals surface area (Å²) < 4.78 is 5.33. The molecule has 1 heterocycles. The molecule has 2 aromatic rings. The maximum absolute atomic E-state index is 11.4. The fraction of sp³-hybridized carbons (Fsp3) is 0.316. The fourth-order valence-corrected chi connectivity index (χ4v) is 2.99. The van der Waals surface area contributed by atoms with E-state index in [4.69, 9.17) is 4.74 Å². The lowest BCUT2D eigenvalue weighted by Gasteiger charge is -2.26. The van der Waals surface area contributed by atoms with Crippen molar-refractivity contribution in [1.29, 1.82) is 0 Å². The summed E-state index contributed by atoms with van der Waals surface area (Å²) in [6.45, 7) is 0. The summed E-state index contributed by atoms with van der Waals surface area (Å²) in [5, 5.41) is 9.68. The van der Waals surface area contributed by atoms with Crippen molar-refractivity contribution in [3.63, 3.8) is 0 Å². The molecule has 1 unspecified atom stereocenters. The van der Waals surface area contributed by atoms with Crippen molar-refractivity contribution in [2.45, 2.75) is 37.9 Å². The molecule has 0 aliphatic carbocycles. The number of hydrogen-bond acceptors (Lipinski definition) is 3. The number of aryl methyl sites for hydroxylation is 1. The smallest absolute Gasteiger partial charge is 0.308 e. The van der Waals surface area contributed by atoms with Crippen LogP contribution in [0.15, 0.2) is 54.6 Å². The number of cyclic esters (lactones) is 1. The monoisotopic (exact) mass is 296 g/mol. The molecule has 114 valence electrons. The summed E-state index contributed by atoms with van der Waals surface area (Å²) in [4.78, 5) is 11.4. The van der Waals surface area contributed by atoms with Crippen LogP contribution in [-0.2, 0) is 16.0 Å². The molecule has 1 saturated heterocycles. The molecule has 1 fully saturated rings. The molecule has 2 atom stereocenters. The summed E-state index contributed by atoms with van der Waals surface area (Å²) in [7, 11) is 0. The summed E-state index contributed by atoms with van der Waals surface area (Å²) in [6.07, 6.45) is 1.49. The van der Waals surface area contributed by atoms with Gasteiger partial charge >= 0.3 is 5.97 Å². The van der Waals surface area contributed by atoms with Crippen LogP contribution >= 0.6 is 0 Å². The first-order valence-electron chi connectivity index (χ1n) is 7.73. The first-order chi connectivity index (χ1) is 10.7. The summed E-state index contributed by atoms with van der Waals surface area (Å²) in [5.41, 5.74) is 3.65. The van der Waals surface area contributed by atoms with Gasteiger partial charge in [0.25, 0.3) is 0 Å². The molecular weight excluding hydrogens is 276 g/mol. The minimum absolute atomic E-state index is 0.122. The lowest BCUT2D eigenvalue weighted by Crippen LogP contribution is -2.32. The zero-order valence-electron chi connectivity index (χ0n) is 12.4. The second kappa shape index (κ2) is 6.75. The molecule has 0 amide bonds. The number of benzene rings is 2. The van der Waals surface area contributed by atoms with E-state index in [0.717, 1.165) is 12.8 Å². The average Bonchev–Trinajstić information content (AvgIpc) is 2.53. The summed E-state index contributed by atoms with van der Waals surface area (Å²) >= 11 is 0. The molecule has 3 rings (SSSR count). The highest BCUT2D eigenvalue weighted by Crippen LogP contribution is 2.26. The van der Waals surface area contributed by atoms with E-state index < -0.39 is 6.10 Å². The Morgan fingerprint density at radius 3 is 2.55 bits per heavy atom. The van der Waals surface area contributed by atoms with Gasteiger partial charge in [-0.3, -0.25) is 4.79 Å². The number of rotatable bonds is 4. The Balaban J connectivity index is 1.72. The van der Waals surface area contributed by atoms with Crippen molar-refractivity contribution in [1.82, 2.24) is 0 Å². The first-order valence-corrected chi connectivity index (χ1v) is 7.73. The predicted octanol–water partition coefficient (Wildman–Crippen LogP) is 3.35. The van der Waals surface area contributed by atoms with Crippen LogP contribution in [0.1, 0.15) is 24.8 Å². The maximum Gasteiger partial charge on any atom is 0.308 e. The molecule has 0 saturated carbocycles. The standard InChI is InChI=1S/C19H20O3/c20-16-12-17(22-19(21)13-16)11-10-15-8-4-5-9-18(15)14-6-2-1-3-7-14/h1-9,16-17,20H,10-13H2/t16-,17?/m1/s1. The molecular formula is C19H20O3. The van der Waals surface area contributed by atoms with E-state index in [1.165, 1.54) is 16.7 Å². The molecule has 1 aliphatic heterocycles. The molecule has 0 radical (unpaired) electrons. The van der Waals surface area contributed by atoms with Gasteiger partial charge in [0.1, 0.15) is 6.10 Å². The molecule has 22 heavy (non-hydrogen) atoms. The Kier molecular flexibility index (Phi) is 4.54. The van der Waals surface area contributed by atoms with E-state index in [9.17, 15) is 9.90 Å². The topological polar surface area (TPSA) is 46.5 Å². The number of ether oxygens (including phenoxy) is 1. The van der Waals surface area contributed by atoms with Gasteiger partial charge in [0, 0.05) is 6.42 Å². The summed E-state index contributed by atoms with van der Waals surface area (Å²) in [5.74, 6) is -0.292. The van der Waals surface area contributed by atoms with E-state index >= 15 is 0 Å². The van der Waals surface area contributed by atoms with Crippen LogP contribution in [0.4, 0.5) is 0 Å². The summed E-state index contributed by atoms with van der Waals surface area (Å²) in [6, 6.07) is 18.6. The Bertz CT molecular complexity index is 636. The van der Waals surface area contributed by atoms with Gasteiger partial charge < -0.3 is 9.84 Å². The van der Waals surface area contributed by atoms with Gasteiger partial charge in [0.2, 0.25) is 0 Å². The SMILES string of the molecule is O=C1C[C@H](O)CC(CCc2ccccc2-c2ccccc2)O1. The van der Waals surface area contributed by atoms with Gasteiger partial charge in [0.15, 0.2) is 0 Å². The van der Waals surface area contributed by atoms with Crippen molar-refractivity contribution in [3.8, 4) is 11.1 Å². The van der Waals surface area contributed by atoms with Gasteiger partial charge in [-0.1, -0.05) is 54.6 Å². The number of aliphatic hydroxyl groups is 1. The Hall–Kier alpha value is -2.13. The predicted molar refractivity (Wildman–Crippen MR) is 85.3 cm³/mol. The highest BCUT2D eigenvalue weighted by Gasteiger charge is 2.26. The normalized spacial score (nSPS) is 21.4. The number of aliphatic hydroxyl groups excluding tert-OH is 1. The van der Waals surface area contributed by atoms with Crippen LogP contribution in [0.25, 0.3) is 11.1 Å². The maximum atomic E-state index is 11.4. The van der Waals surface area contributed by atoms with Crippen molar-refractivity contribution >= 4 is 5.97 Å². The van der Waals surface area contributed by atoms with Gasteiger partial charge in [-0.15, -0.1) is 0 Å². The zero-order chi connectivity index (χ0) is 15.4. The van der Waals surface area contributed by atoms with E-state index in [1.54, 1.807) is 0 Å². The van der Waals surface area contributed by atoms with Crippen LogP contribution in [0, 0.1) is 0 Å². The van der Waals surface area contributed by atoms with Crippen molar-refractivity contribution < 1.29 is 14.6 Å². The minimum atomic E-state index is -0.560. The molecule has 2 aromatic carbocycles.